The van der Waals surface area contributed by atoms with E-state index >= 15 is 0 Å². The Kier molecular flexibility index (Phi) is 6.76. The van der Waals surface area contributed by atoms with Crippen LogP contribution in [0.3, 0.4) is 0 Å². The topological polar surface area (TPSA) is 72.8 Å². The molecule has 1 N–H and O–H groups in total. The van der Waals surface area contributed by atoms with Crippen molar-refractivity contribution in [3.63, 3.8) is 0 Å². The molecular weight excluding hydrogens is 398 g/mol. The molecule has 150 valence electrons. The predicted octanol–water partition coefficient (Wildman–Crippen LogP) is -0.860. The Morgan fingerprint density at radius 1 is 1.07 bits per heavy atom. The SMILES string of the molecule is CN1CC(C)(C(O)(c2ccc(OC(F)(F)F)cc2)c2ccc(C(=O)[O-])cc2)C1.[Na+]. The molecule has 1 aliphatic rings. The molecule has 1 fully saturated rings. The van der Waals surface area contributed by atoms with Gasteiger partial charge in [0.25, 0.3) is 0 Å². The van der Waals surface area contributed by atoms with Crippen LogP contribution in [0.5, 0.6) is 5.75 Å². The van der Waals surface area contributed by atoms with Crippen molar-refractivity contribution in [2.24, 2.45) is 5.41 Å². The summed E-state index contributed by atoms with van der Waals surface area (Å²) in [4.78, 5) is 13.0. The summed E-state index contributed by atoms with van der Waals surface area (Å²) in [5, 5.41) is 22.8. The molecule has 1 saturated heterocycles. The van der Waals surface area contributed by atoms with Gasteiger partial charge in [-0.15, -0.1) is 13.2 Å². The summed E-state index contributed by atoms with van der Waals surface area (Å²) in [5.41, 5.74) is -1.37. The van der Waals surface area contributed by atoms with E-state index in [1.165, 1.54) is 36.4 Å². The molecular formula is C20H19F3NNaO4. The molecule has 1 atom stereocenters. The number of carbonyl (C=O) groups is 1. The van der Waals surface area contributed by atoms with Gasteiger partial charge in [0, 0.05) is 18.5 Å². The second kappa shape index (κ2) is 8.28. The first-order chi connectivity index (χ1) is 12.9. The van der Waals surface area contributed by atoms with Crippen molar-refractivity contribution in [1.82, 2.24) is 4.90 Å². The Morgan fingerprint density at radius 3 is 1.90 bits per heavy atom. The number of alkyl halides is 3. The van der Waals surface area contributed by atoms with Crippen LogP contribution in [0.15, 0.2) is 48.5 Å². The van der Waals surface area contributed by atoms with Gasteiger partial charge in [0.2, 0.25) is 0 Å². The maximum Gasteiger partial charge on any atom is 1.00 e. The molecule has 2 aromatic rings. The van der Waals surface area contributed by atoms with E-state index in [4.69, 9.17) is 0 Å². The third kappa shape index (κ3) is 4.62. The van der Waals surface area contributed by atoms with Crippen molar-refractivity contribution in [3.8, 4) is 5.75 Å². The number of halogens is 3. The van der Waals surface area contributed by atoms with Crippen LogP contribution < -0.4 is 39.4 Å². The van der Waals surface area contributed by atoms with Crippen LogP contribution >= 0.6 is 0 Å². The van der Waals surface area contributed by atoms with Crippen LogP contribution in [0, 0.1) is 5.41 Å². The van der Waals surface area contributed by atoms with Crippen molar-refractivity contribution in [1.29, 1.82) is 0 Å². The Labute approximate surface area is 188 Å². The fourth-order valence-electron chi connectivity index (χ4n) is 3.98. The summed E-state index contributed by atoms with van der Waals surface area (Å²) in [7, 11) is 1.89. The number of nitrogens with zero attached hydrogens (tertiary/aromatic N) is 1. The average Bonchev–Trinajstić information content (AvgIpc) is 2.59. The van der Waals surface area contributed by atoms with Crippen LogP contribution in [0.4, 0.5) is 13.2 Å². The maximum atomic E-state index is 12.4. The number of aromatic carboxylic acids is 1. The van der Waals surface area contributed by atoms with Gasteiger partial charge in [0.05, 0.1) is 5.97 Å². The quantitative estimate of drug-likeness (QED) is 0.642. The third-order valence-corrected chi connectivity index (χ3v) is 5.16. The Hall–Kier alpha value is -1.58. The monoisotopic (exact) mass is 417 g/mol. The molecule has 0 amide bonds. The molecule has 0 saturated carbocycles. The van der Waals surface area contributed by atoms with Crippen LogP contribution in [0.25, 0.3) is 0 Å². The number of benzene rings is 2. The van der Waals surface area contributed by atoms with E-state index in [-0.39, 0.29) is 40.9 Å². The molecule has 0 spiro atoms. The first-order valence-corrected chi connectivity index (χ1v) is 8.54. The Bertz CT molecular complexity index is 865. The molecule has 3 rings (SSSR count). The summed E-state index contributed by atoms with van der Waals surface area (Å²) in [6.45, 7) is 2.97. The molecule has 5 nitrogen and oxygen atoms in total. The smallest absolute Gasteiger partial charge is 0.545 e. The first-order valence-electron chi connectivity index (χ1n) is 8.54. The number of rotatable bonds is 5. The van der Waals surface area contributed by atoms with Gasteiger partial charge >= 0.3 is 35.9 Å². The molecule has 29 heavy (non-hydrogen) atoms. The Morgan fingerprint density at radius 2 is 1.52 bits per heavy atom. The standard InChI is InChI=1S/C20H20F3NO4.Na/c1-18(11-24(2)12-18)19(27,14-5-3-13(4-6-14)17(25)26)15-7-9-16(10-8-15)28-20(21,22)23;/h3-10,27H,11-12H2,1-2H3,(H,25,26);/q;+1/p-1. The van der Waals surface area contributed by atoms with Crippen molar-refractivity contribution in [2.45, 2.75) is 18.9 Å². The second-order valence-electron chi connectivity index (χ2n) is 7.38. The van der Waals surface area contributed by atoms with Crippen molar-refractivity contribution >= 4 is 5.97 Å². The van der Waals surface area contributed by atoms with Crippen LogP contribution in [-0.2, 0) is 5.60 Å². The Balaban J connectivity index is 0.00000300. The number of carboxylic acid groups (broad SMARTS) is 1. The number of hydrogen-bond donors (Lipinski definition) is 1. The molecule has 0 aliphatic carbocycles. The van der Waals surface area contributed by atoms with Crippen LogP contribution in [0.1, 0.15) is 28.4 Å². The minimum atomic E-state index is -4.80. The first kappa shape index (κ1) is 23.7. The summed E-state index contributed by atoms with van der Waals surface area (Å²) in [6.07, 6.45) is -4.80. The predicted molar refractivity (Wildman–Crippen MR) is 92.5 cm³/mol. The molecule has 0 aromatic heterocycles. The zero-order chi connectivity index (χ0) is 20.7. The van der Waals surface area contributed by atoms with Gasteiger partial charge in [-0.1, -0.05) is 43.3 Å². The van der Waals surface area contributed by atoms with Crippen LogP contribution in [-0.4, -0.2) is 42.5 Å². The number of aliphatic hydroxyl groups is 1. The van der Waals surface area contributed by atoms with Gasteiger partial charge in [0.1, 0.15) is 11.4 Å². The third-order valence-electron chi connectivity index (χ3n) is 5.16. The molecule has 1 heterocycles. The molecule has 9 heteroatoms. The number of ether oxygens (including phenoxy) is 1. The zero-order valence-corrected chi connectivity index (χ0v) is 18.3. The summed E-state index contributed by atoms with van der Waals surface area (Å²) < 4.78 is 41.1. The zero-order valence-electron chi connectivity index (χ0n) is 16.3. The van der Waals surface area contributed by atoms with Gasteiger partial charge in [-0.3, -0.25) is 0 Å². The van der Waals surface area contributed by atoms with Gasteiger partial charge in [-0.2, -0.15) is 0 Å². The van der Waals surface area contributed by atoms with E-state index in [0.717, 1.165) is 12.1 Å². The number of likely N-dealkylation sites (tertiary alicyclic amines) is 1. The number of carboxylic acids is 1. The fourth-order valence-corrected chi connectivity index (χ4v) is 3.98. The largest absolute Gasteiger partial charge is 1.00 e. The van der Waals surface area contributed by atoms with Crippen molar-refractivity contribution < 1.29 is 62.5 Å². The normalized spacial score (nSPS) is 18.1. The van der Waals surface area contributed by atoms with E-state index in [2.05, 4.69) is 4.74 Å². The number of hydrogen-bond acceptors (Lipinski definition) is 5. The van der Waals surface area contributed by atoms with E-state index in [0.29, 0.717) is 24.2 Å². The van der Waals surface area contributed by atoms with E-state index in [9.17, 15) is 28.2 Å². The van der Waals surface area contributed by atoms with E-state index in [1.54, 1.807) is 0 Å². The molecule has 1 aliphatic heterocycles. The van der Waals surface area contributed by atoms with Crippen molar-refractivity contribution in [3.05, 3.63) is 65.2 Å². The summed E-state index contributed by atoms with van der Waals surface area (Å²) >= 11 is 0. The second-order valence-corrected chi connectivity index (χ2v) is 7.38. The summed E-state index contributed by atoms with van der Waals surface area (Å²) in [6, 6.07) is 10.7. The number of carbonyl (C=O) groups excluding carboxylic acids is 1. The van der Waals surface area contributed by atoms with Crippen LogP contribution in [0.2, 0.25) is 0 Å². The minimum Gasteiger partial charge on any atom is -0.545 e. The summed E-state index contributed by atoms with van der Waals surface area (Å²) in [5.74, 6) is -1.72. The van der Waals surface area contributed by atoms with Gasteiger partial charge < -0.3 is 24.6 Å². The van der Waals surface area contributed by atoms with E-state index < -0.39 is 23.3 Å². The molecule has 1 unspecified atom stereocenters. The maximum absolute atomic E-state index is 12.4. The fraction of sp³-hybridized carbons (Fsp3) is 0.350. The molecule has 2 aromatic carbocycles. The average molecular weight is 417 g/mol. The van der Waals surface area contributed by atoms with Crippen molar-refractivity contribution in [2.75, 3.05) is 20.1 Å². The van der Waals surface area contributed by atoms with Gasteiger partial charge in [-0.05, 0) is 35.9 Å². The minimum absolute atomic E-state index is 0. The molecule has 0 radical (unpaired) electrons. The van der Waals surface area contributed by atoms with E-state index in [1.807, 2.05) is 18.9 Å². The molecule has 0 bridgehead atoms. The van der Waals surface area contributed by atoms with Gasteiger partial charge in [0.15, 0.2) is 0 Å². The van der Waals surface area contributed by atoms with Gasteiger partial charge in [-0.25, -0.2) is 0 Å².